The maximum Gasteiger partial charge on any atom is 0.236 e. The molecule has 92 valence electrons. The van der Waals surface area contributed by atoms with E-state index in [0.29, 0.717) is 32.1 Å². The van der Waals surface area contributed by atoms with Crippen LogP contribution in [0.1, 0.15) is 26.7 Å². The molecule has 0 saturated carbocycles. The van der Waals surface area contributed by atoms with Gasteiger partial charge in [-0.1, -0.05) is 6.92 Å². The molecular formula is C11H21N3O2. The van der Waals surface area contributed by atoms with E-state index in [0.717, 1.165) is 6.42 Å². The summed E-state index contributed by atoms with van der Waals surface area (Å²) in [5, 5.41) is 3.15. The highest BCUT2D eigenvalue weighted by Crippen LogP contribution is 2.15. The first-order chi connectivity index (χ1) is 7.54. The quantitative estimate of drug-likeness (QED) is 0.677. The topological polar surface area (TPSA) is 75.4 Å². The minimum Gasteiger partial charge on any atom is -0.369 e. The lowest BCUT2D eigenvalue weighted by atomic mass is 10.1. The molecule has 0 bridgehead atoms. The third kappa shape index (κ3) is 3.48. The van der Waals surface area contributed by atoms with Gasteiger partial charge in [0.05, 0.1) is 12.5 Å². The highest BCUT2D eigenvalue weighted by Gasteiger charge is 2.29. The molecule has 1 heterocycles. The Kier molecular flexibility index (Phi) is 4.73. The fourth-order valence-corrected chi connectivity index (χ4v) is 1.74. The summed E-state index contributed by atoms with van der Waals surface area (Å²) in [6, 6.07) is 0.346. The average molecular weight is 227 g/mol. The van der Waals surface area contributed by atoms with Crippen LogP contribution < -0.4 is 11.1 Å². The Hall–Kier alpha value is -1.10. The zero-order valence-corrected chi connectivity index (χ0v) is 10.0. The normalized spacial score (nSPS) is 22.1. The molecule has 1 fully saturated rings. The maximum atomic E-state index is 11.7. The van der Waals surface area contributed by atoms with Crippen LogP contribution >= 0.6 is 0 Å². The largest absolute Gasteiger partial charge is 0.369 e. The molecule has 5 nitrogen and oxygen atoms in total. The Morgan fingerprint density at radius 1 is 1.56 bits per heavy atom. The van der Waals surface area contributed by atoms with Crippen molar-refractivity contribution in [3.63, 3.8) is 0 Å². The van der Waals surface area contributed by atoms with Crippen molar-refractivity contribution in [2.24, 2.45) is 11.7 Å². The third-order valence-electron chi connectivity index (χ3n) is 3.16. The molecule has 2 unspecified atom stereocenters. The number of nitrogens with two attached hydrogens (primary N) is 1. The molecule has 16 heavy (non-hydrogen) atoms. The number of hydrogen-bond donors (Lipinski definition) is 2. The van der Waals surface area contributed by atoms with E-state index in [1.807, 2.05) is 6.92 Å². The van der Waals surface area contributed by atoms with Gasteiger partial charge in [-0.2, -0.15) is 0 Å². The molecule has 0 aliphatic carbocycles. The number of hydrogen-bond acceptors (Lipinski definition) is 3. The Labute approximate surface area is 96.4 Å². The number of rotatable bonds is 5. The average Bonchev–Trinajstić information content (AvgIpc) is 2.74. The van der Waals surface area contributed by atoms with Gasteiger partial charge in [0.15, 0.2) is 0 Å². The Balaban J connectivity index is 2.31. The van der Waals surface area contributed by atoms with Gasteiger partial charge in [0.1, 0.15) is 0 Å². The molecule has 2 atom stereocenters. The van der Waals surface area contributed by atoms with E-state index in [-0.39, 0.29) is 17.7 Å². The summed E-state index contributed by atoms with van der Waals surface area (Å²) in [5.41, 5.74) is 5.21. The summed E-state index contributed by atoms with van der Waals surface area (Å²) in [4.78, 5) is 24.4. The van der Waals surface area contributed by atoms with E-state index in [2.05, 4.69) is 12.2 Å². The van der Waals surface area contributed by atoms with Gasteiger partial charge in [-0.15, -0.1) is 0 Å². The lowest BCUT2D eigenvalue weighted by molar-refractivity contribution is -0.129. The maximum absolute atomic E-state index is 11.7. The van der Waals surface area contributed by atoms with Gasteiger partial charge in [0, 0.05) is 19.1 Å². The fraction of sp³-hybridized carbons (Fsp3) is 0.818. The second-order valence-electron chi connectivity index (χ2n) is 4.42. The van der Waals surface area contributed by atoms with Crippen molar-refractivity contribution in [2.45, 2.75) is 32.7 Å². The summed E-state index contributed by atoms with van der Waals surface area (Å²) >= 11 is 0. The summed E-state index contributed by atoms with van der Waals surface area (Å²) < 4.78 is 0. The number of nitrogens with one attached hydrogen (secondary N) is 1. The predicted octanol–water partition coefficient (Wildman–Crippen LogP) is -0.292. The molecule has 1 saturated heterocycles. The Bertz CT molecular complexity index is 268. The van der Waals surface area contributed by atoms with E-state index >= 15 is 0 Å². The summed E-state index contributed by atoms with van der Waals surface area (Å²) in [6.45, 7) is 5.59. The van der Waals surface area contributed by atoms with Crippen molar-refractivity contribution in [1.29, 1.82) is 0 Å². The van der Waals surface area contributed by atoms with Gasteiger partial charge >= 0.3 is 0 Å². The molecule has 0 spiro atoms. The van der Waals surface area contributed by atoms with Crippen LogP contribution in [-0.2, 0) is 9.59 Å². The van der Waals surface area contributed by atoms with Gasteiger partial charge < -0.3 is 16.0 Å². The molecular weight excluding hydrogens is 206 g/mol. The van der Waals surface area contributed by atoms with E-state index in [1.165, 1.54) is 0 Å². The number of amides is 2. The van der Waals surface area contributed by atoms with E-state index < -0.39 is 0 Å². The zero-order valence-electron chi connectivity index (χ0n) is 10.0. The minimum atomic E-state index is -0.301. The second kappa shape index (κ2) is 5.84. The molecule has 0 aromatic rings. The van der Waals surface area contributed by atoms with Crippen molar-refractivity contribution in [1.82, 2.24) is 10.2 Å². The number of nitrogens with zero attached hydrogens (tertiary/aromatic N) is 1. The predicted molar refractivity (Wildman–Crippen MR) is 61.6 cm³/mol. The SMILES string of the molecule is CCC(C)NCC(=O)N1CCC(C(N)=O)C1. The molecule has 5 heteroatoms. The highest BCUT2D eigenvalue weighted by molar-refractivity contribution is 5.82. The molecule has 1 rings (SSSR count). The highest BCUT2D eigenvalue weighted by atomic mass is 16.2. The summed E-state index contributed by atoms with van der Waals surface area (Å²) in [5.74, 6) is -0.401. The lowest BCUT2D eigenvalue weighted by Crippen LogP contribution is -2.40. The first-order valence-corrected chi connectivity index (χ1v) is 5.85. The van der Waals surface area contributed by atoms with Crippen molar-refractivity contribution in [2.75, 3.05) is 19.6 Å². The summed E-state index contributed by atoms with van der Waals surface area (Å²) in [6.07, 6.45) is 1.70. The number of primary amides is 1. The van der Waals surface area contributed by atoms with Crippen LogP contribution in [0.2, 0.25) is 0 Å². The van der Waals surface area contributed by atoms with Gasteiger partial charge in [0.25, 0.3) is 0 Å². The van der Waals surface area contributed by atoms with Crippen LogP contribution in [0.3, 0.4) is 0 Å². The molecule has 2 amide bonds. The molecule has 0 radical (unpaired) electrons. The van der Waals surface area contributed by atoms with Crippen LogP contribution in [0, 0.1) is 5.92 Å². The van der Waals surface area contributed by atoms with Crippen LogP contribution in [0.4, 0.5) is 0 Å². The lowest BCUT2D eigenvalue weighted by Gasteiger charge is -2.18. The zero-order chi connectivity index (χ0) is 12.1. The number of carbonyl (C=O) groups excluding carboxylic acids is 2. The van der Waals surface area contributed by atoms with Gasteiger partial charge in [0.2, 0.25) is 11.8 Å². The van der Waals surface area contributed by atoms with Gasteiger partial charge in [-0.3, -0.25) is 9.59 Å². The van der Waals surface area contributed by atoms with Crippen LogP contribution in [0.25, 0.3) is 0 Å². The van der Waals surface area contributed by atoms with Crippen LogP contribution in [-0.4, -0.2) is 42.4 Å². The van der Waals surface area contributed by atoms with Gasteiger partial charge in [-0.05, 0) is 19.8 Å². The Morgan fingerprint density at radius 3 is 2.75 bits per heavy atom. The van der Waals surface area contributed by atoms with E-state index in [4.69, 9.17) is 5.73 Å². The van der Waals surface area contributed by atoms with Crippen molar-refractivity contribution >= 4 is 11.8 Å². The molecule has 1 aliphatic heterocycles. The smallest absolute Gasteiger partial charge is 0.236 e. The molecule has 0 aromatic carbocycles. The first-order valence-electron chi connectivity index (χ1n) is 5.85. The number of carbonyl (C=O) groups is 2. The molecule has 1 aliphatic rings. The fourth-order valence-electron chi connectivity index (χ4n) is 1.74. The van der Waals surface area contributed by atoms with Crippen LogP contribution in [0.5, 0.6) is 0 Å². The van der Waals surface area contributed by atoms with Crippen molar-refractivity contribution < 1.29 is 9.59 Å². The molecule has 0 aromatic heterocycles. The number of likely N-dealkylation sites (tertiary alicyclic amines) is 1. The first kappa shape index (κ1) is 13.0. The minimum absolute atomic E-state index is 0.0593. The van der Waals surface area contributed by atoms with E-state index in [9.17, 15) is 9.59 Å². The van der Waals surface area contributed by atoms with Crippen molar-refractivity contribution in [3.8, 4) is 0 Å². The van der Waals surface area contributed by atoms with E-state index in [1.54, 1.807) is 4.90 Å². The van der Waals surface area contributed by atoms with Crippen molar-refractivity contribution in [3.05, 3.63) is 0 Å². The third-order valence-corrected chi connectivity index (χ3v) is 3.16. The standard InChI is InChI=1S/C11H21N3O2/c1-3-8(2)13-6-10(15)14-5-4-9(7-14)11(12)16/h8-9,13H,3-7H2,1-2H3,(H2,12,16). The summed E-state index contributed by atoms with van der Waals surface area (Å²) in [7, 11) is 0. The molecule has 3 N–H and O–H groups in total. The monoisotopic (exact) mass is 227 g/mol. The van der Waals surface area contributed by atoms with Gasteiger partial charge in [-0.25, -0.2) is 0 Å². The Morgan fingerprint density at radius 2 is 2.25 bits per heavy atom. The second-order valence-corrected chi connectivity index (χ2v) is 4.42. The van der Waals surface area contributed by atoms with Crippen LogP contribution in [0.15, 0.2) is 0 Å².